The van der Waals surface area contributed by atoms with E-state index in [1.54, 1.807) is 12.2 Å². The Morgan fingerprint density at radius 3 is 2.02 bits per heavy atom. The minimum Gasteiger partial charge on any atom is -0.497 e. The molecule has 0 fully saturated rings. The molecule has 0 aliphatic heterocycles. The van der Waals surface area contributed by atoms with Crippen LogP contribution >= 0.6 is 23.2 Å². The fourth-order valence-electron chi connectivity index (χ4n) is 3.97. The lowest BCUT2D eigenvalue weighted by molar-refractivity contribution is -0.165. The predicted molar refractivity (Wildman–Crippen MR) is 171 cm³/mol. The van der Waals surface area contributed by atoms with Gasteiger partial charge >= 0.3 is 18.0 Å². The number of amides is 4. The number of hydrogen-bond acceptors (Lipinski definition) is 7. The van der Waals surface area contributed by atoms with Crippen molar-refractivity contribution >= 4 is 52.6 Å². The van der Waals surface area contributed by atoms with Crippen molar-refractivity contribution in [3.63, 3.8) is 0 Å². The van der Waals surface area contributed by atoms with Gasteiger partial charge in [0.2, 0.25) is 17.6 Å². The number of ketones is 1. The molecule has 0 radical (unpaired) electrons. The highest BCUT2D eigenvalue weighted by Crippen LogP contribution is 2.35. The fraction of sp³-hybridized carbons (Fsp3) is 0.452. The summed E-state index contributed by atoms with van der Waals surface area (Å²) < 4.78 is 107. The Morgan fingerprint density at radius 1 is 0.902 bits per heavy atom. The Labute approximate surface area is 297 Å². The number of carbonyl (C=O) groups is 5. The molecule has 4 amide bonds. The number of nitrogens with one attached hydrogen (secondary N) is 4. The van der Waals surface area contributed by atoms with Crippen LogP contribution in [0.4, 0.5) is 30.7 Å². The molecule has 0 unspecified atom stereocenters. The summed E-state index contributed by atoms with van der Waals surface area (Å²) in [5, 5.41) is 5.98. The molecule has 1 rings (SSSR count). The van der Waals surface area contributed by atoms with Crippen molar-refractivity contribution in [2.24, 2.45) is 5.92 Å². The van der Waals surface area contributed by atoms with Crippen LogP contribution in [0.15, 0.2) is 54.3 Å². The van der Waals surface area contributed by atoms with Crippen LogP contribution in [0.1, 0.15) is 26.3 Å². The highest BCUT2D eigenvalue weighted by Gasteiger charge is 2.52. The minimum absolute atomic E-state index is 0.194. The van der Waals surface area contributed by atoms with Crippen molar-refractivity contribution in [3.05, 3.63) is 69.9 Å². The normalized spacial score (nSPS) is 14.4. The van der Waals surface area contributed by atoms with Gasteiger partial charge in [-0.1, -0.05) is 49.7 Å². The molecule has 11 nitrogen and oxygen atoms in total. The van der Waals surface area contributed by atoms with Crippen molar-refractivity contribution in [1.82, 2.24) is 21.3 Å². The summed E-state index contributed by atoms with van der Waals surface area (Å²) in [7, 11) is 2.32. The third-order valence-electron chi connectivity index (χ3n) is 6.70. The number of carbonyl (C=O) groups excluding carboxylic acids is 5. The first kappa shape index (κ1) is 44.9. The molecule has 4 N–H and O–H groups in total. The molecular weight excluding hydrogens is 744 g/mol. The Morgan fingerprint density at radius 2 is 1.51 bits per heavy atom. The zero-order chi connectivity index (χ0) is 39.5. The Balaban J connectivity index is 3.48. The topological polar surface area (TPSA) is 152 Å². The summed E-state index contributed by atoms with van der Waals surface area (Å²) in [5.74, 6) is -20.1. The van der Waals surface area contributed by atoms with Gasteiger partial charge in [0.05, 0.1) is 30.3 Å². The second kappa shape index (κ2) is 18.9. The van der Waals surface area contributed by atoms with Crippen LogP contribution in [0.5, 0.6) is 0 Å². The molecule has 0 saturated carbocycles. The van der Waals surface area contributed by atoms with Gasteiger partial charge in [0.25, 0.3) is 11.8 Å². The number of alkyl halides is 7. The van der Waals surface area contributed by atoms with Gasteiger partial charge in [-0.05, 0) is 48.8 Å². The molecule has 0 bridgehead atoms. The number of rotatable bonds is 18. The van der Waals surface area contributed by atoms with Crippen molar-refractivity contribution < 1.29 is 64.2 Å². The Kier molecular flexibility index (Phi) is 16.6. The van der Waals surface area contributed by atoms with Gasteiger partial charge in [-0.2, -0.15) is 30.7 Å². The standard InChI is InChI=1S/C31H35Cl2F7N4O7/c1-7-18(51-6)10-8-16(4)23(26(47)43-22(15(2)3)24(45)31(39,40)27(48)41-14-29(34,35)36)44-25(46)21(13-50-5)42-28(49)30(37,38)19-12-17(32)9-11-20(19)33/h7-12,15,21-23H,4,13-14H2,1-3,5-6H3,(H,41,48)(H,42,49)(H,43,47)(H,44,46)/b10-8-,18-7+/t21-,22-,23-/m0/s1. The summed E-state index contributed by atoms with van der Waals surface area (Å²) in [6.07, 6.45) is -1.25. The smallest absolute Gasteiger partial charge is 0.405 e. The summed E-state index contributed by atoms with van der Waals surface area (Å²) in [4.78, 5) is 64.3. The van der Waals surface area contributed by atoms with E-state index in [0.29, 0.717) is 0 Å². The highest BCUT2D eigenvalue weighted by atomic mass is 35.5. The SMILES string of the molecule is C=C(/C=C\C(=C/C)OC)[C@H](NC(=O)[C@H](COC)NC(=O)C(F)(F)c1cc(Cl)ccc1Cl)C(=O)N[C@H](C(=O)C(F)(F)C(=O)NCC(F)(F)F)C(C)C. The van der Waals surface area contributed by atoms with E-state index < -0.39 is 95.2 Å². The first-order valence-corrected chi connectivity index (χ1v) is 15.3. The predicted octanol–water partition coefficient (Wildman–Crippen LogP) is 4.39. The van der Waals surface area contributed by atoms with E-state index in [1.165, 1.54) is 25.3 Å². The molecule has 3 atom stereocenters. The van der Waals surface area contributed by atoms with Crippen molar-refractivity contribution in [2.45, 2.75) is 56.9 Å². The van der Waals surface area contributed by atoms with Gasteiger partial charge in [-0.25, -0.2) is 0 Å². The third-order valence-corrected chi connectivity index (χ3v) is 7.26. The molecule has 284 valence electrons. The molecular formula is C31H35Cl2F7N4O7. The molecule has 0 saturated heterocycles. The van der Waals surface area contributed by atoms with Gasteiger partial charge < -0.3 is 30.7 Å². The number of benzene rings is 1. The summed E-state index contributed by atoms with van der Waals surface area (Å²) in [6, 6.07) is -3.27. The lowest BCUT2D eigenvalue weighted by Gasteiger charge is -2.29. The average molecular weight is 780 g/mol. The second-order valence-corrected chi connectivity index (χ2v) is 11.7. The van der Waals surface area contributed by atoms with E-state index >= 15 is 8.78 Å². The Bertz CT molecular complexity index is 1540. The molecule has 0 aliphatic rings. The highest BCUT2D eigenvalue weighted by molar-refractivity contribution is 6.34. The number of methoxy groups -OCH3 is 2. The zero-order valence-electron chi connectivity index (χ0n) is 27.7. The number of ether oxygens (including phenoxy) is 2. The van der Waals surface area contributed by atoms with Crippen molar-refractivity contribution in [1.29, 1.82) is 0 Å². The minimum atomic E-state index is -5.09. The van der Waals surface area contributed by atoms with Gasteiger partial charge in [-0.3, -0.25) is 24.0 Å². The van der Waals surface area contributed by atoms with Gasteiger partial charge in [0, 0.05) is 12.1 Å². The van der Waals surface area contributed by atoms with Gasteiger partial charge in [0.15, 0.2) is 0 Å². The van der Waals surface area contributed by atoms with E-state index in [0.717, 1.165) is 44.5 Å². The van der Waals surface area contributed by atoms with E-state index in [9.17, 15) is 45.9 Å². The molecule has 51 heavy (non-hydrogen) atoms. The van der Waals surface area contributed by atoms with Gasteiger partial charge in [-0.15, -0.1) is 0 Å². The maximum absolute atomic E-state index is 15.2. The average Bonchev–Trinajstić information content (AvgIpc) is 3.04. The summed E-state index contributed by atoms with van der Waals surface area (Å²) in [6.45, 7) is 4.57. The quantitative estimate of drug-likeness (QED) is 0.0748. The third kappa shape index (κ3) is 12.8. The number of hydrogen-bond donors (Lipinski definition) is 4. The first-order valence-electron chi connectivity index (χ1n) is 14.5. The maximum Gasteiger partial charge on any atom is 0.405 e. The fourth-order valence-corrected chi connectivity index (χ4v) is 4.37. The molecule has 20 heteroatoms. The van der Waals surface area contributed by atoms with Crippen LogP contribution in [-0.2, 0) is 39.4 Å². The van der Waals surface area contributed by atoms with Crippen LogP contribution in [-0.4, -0.2) is 87.0 Å². The van der Waals surface area contributed by atoms with Crippen LogP contribution < -0.4 is 21.3 Å². The van der Waals surface area contributed by atoms with Crippen LogP contribution in [0.2, 0.25) is 10.0 Å². The van der Waals surface area contributed by atoms with Crippen LogP contribution in [0, 0.1) is 5.92 Å². The van der Waals surface area contributed by atoms with E-state index in [2.05, 4.69) is 11.9 Å². The van der Waals surface area contributed by atoms with Crippen LogP contribution in [0.3, 0.4) is 0 Å². The lowest BCUT2D eigenvalue weighted by atomic mass is 9.94. The molecule has 0 heterocycles. The second-order valence-electron chi connectivity index (χ2n) is 10.9. The summed E-state index contributed by atoms with van der Waals surface area (Å²) >= 11 is 11.6. The zero-order valence-corrected chi connectivity index (χ0v) is 29.2. The van der Waals surface area contributed by atoms with Crippen LogP contribution in [0.25, 0.3) is 0 Å². The van der Waals surface area contributed by atoms with E-state index in [1.807, 2.05) is 5.32 Å². The van der Waals surface area contributed by atoms with Crippen molar-refractivity contribution in [3.8, 4) is 0 Å². The molecule has 0 aliphatic carbocycles. The first-order chi connectivity index (χ1) is 23.4. The number of Topliss-reactive ketones (excluding diaryl/α,β-unsaturated/α-hetero) is 1. The number of allylic oxidation sites excluding steroid dienone is 2. The van der Waals surface area contributed by atoms with Gasteiger partial charge in [0.1, 0.15) is 24.4 Å². The largest absolute Gasteiger partial charge is 0.497 e. The number of halogens is 9. The lowest BCUT2D eigenvalue weighted by Crippen LogP contribution is -2.61. The van der Waals surface area contributed by atoms with E-state index in [-0.39, 0.29) is 16.4 Å². The molecule has 0 aromatic heterocycles. The Hall–Kier alpha value is -4.16. The summed E-state index contributed by atoms with van der Waals surface area (Å²) in [5.41, 5.74) is -1.33. The van der Waals surface area contributed by atoms with Crippen molar-refractivity contribution in [2.75, 3.05) is 27.4 Å². The van der Waals surface area contributed by atoms with E-state index in [4.69, 9.17) is 32.7 Å². The molecule has 1 aromatic rings. The molecule has 0 spiro atoms. The monoisotopic (exact) mass is 778 g/mol. The maximum atomic E-state index is 15.2. The molecule has 1 aromatic carbocycles.